The Morgan fingerprint density at radius 1 is 1.29 bits per heavy atom. The third-order valence-electron chi connectivity index (χ3n) is 2.38. The summed E-state index contributed by atoms with van der Waals surface area (Å²) in [5.41, 5.74) is 7.61. The van der Waals surface area contributed by atoms with Gasteiger partial charge in [0.05, 0.1) is 11.8 Å². The number of nitrogens with zero attached hydrogens (tertiary/aromatic N) is 1. The Kier molecular flexibility index (Phi) is 2.83. The van der Waals surface area contributed by atoms with Gasteiger partial charge >= 0.3 is 0 Å². The van der Waals surface area contributed by atoms with Crippen LogP contribution in [0.4, 0.5) is 14.7 Å². The van der Waals surface area contributed by atoms with Gasteiger partial charge < -0.3 is 10.3 Å². The number of anilines is 1. The maximum Gasteiger partial charge on any atom is 0.249 e. The van der Waals surface area contributed by atoms with Crippen LogP contribution in [0.3, 0.4) is 0 Å². The Bertz CT molecular complexity index is 500. The molecule has 0 aliphatic carbocycles. The second-order valence-electron chi connectivity index (χ2n) is 4.05. The molecule has 0 aliphatic heterocycles. The molecule has 0 radical (unpaired) electrons. The van der Waals surface area contributed by atoms with E-state index in [2.05, 4.69) is 5.16 Å². The lowest BCUT2D eigenvalue weighted by molar-refractivity contribution is 0.0226. The minimum absolute atomic E-state index is 0.221. The van der Waals surface area contributed by atoms with Crippen molar-refractivity contribution in [3.8, 4) is 11.1 Å². The number of rotatable bonds is 3. The summed E-state index contributed by atoms with van der Waals surface area (Å²) in [6, 6.07) is 6.76. The molecule has 5 heteroatoms. The first kappa shape index (κ1) is 11.6. The zero-order valence-corrected chi connectivity index (χ0v) is 9.28. The molecule has 0 amide bonds. The molecule has 17 heavy (non-hydrogen) atoms. The van der Waals surface area contributed by atoms with Crippen LogP contribution in [0.5, 0.6) is 0 Å². The molecule has 2 N–H and O–H groups in total. The summed E-state index contributed by atoms with van der Waals surface area (Å²) in [4.78, 5) is 0. The van der Waals surface area contributed by atoms with Gasteiger partial charge in [0.25, 0.3) is 0 Å². The molecule has 1 heterocycles. The van der Waals surface area contributed by atoms with Gasteiger partial charge in [0.15, 0.2) is 0 Å². The van der Waals surface area contributed by atoms with Crippen LogP contribution in [0, 0.1) is 0 Å². The molecule has 0 aliphatic rings. The molecule has 0 unspecified atom stereocenters. The summed E-state index contributed by atoms with van der Waals surface area (Å²) < 4.78 is 30.3. The van der Waals surface area contributed by atoms with Crippen LogP contribution >= 0.6 is 0 Å². The average molecular weight is 238 g/mol. The monoisotopic (exact) mass is 238 g/mol. The van der Waals surface area contributed by atoms with Gasteiger partial charge in [-0.25, -0.2) is 8.78 Å². The Balaban J connectivity index is 2.22. The SMILES string of the molecule is CC(F)(F)Cc1ccc(-c2cnoc2N)cc1. The van der Waals surface area contributed by atoms with E-state index in [9.17, 15) is 8.78 Å². The van der Waals surface area contributed by atoms with E-state index in [-0.39, 0.29) is 12.3 Å². The summed E-state index contributed by atoms with van der Waals surface area (Å²) in [5.74, 6) is -2.48. The molecular formula is C12H12F2N2O. The highest BCUT2D eigenvalue weighted by Crippen LogP contribution is 2.26. The van der Waals surface area contributed by atoms with Crippen molar-refractivity contribution in [1.82, 2.24) is 5.16 Å². The molecule has 2 rings (SSSR count). The highest BCUT2D eigenvalue weighted by atomic mass is 19.3. The number of nitrogen functional groups attached to an aromatic ring is 1. The van der Waals surface area contributed by atoms with Gasteiger partial charge in [0.1, 0.15) is 0 Å². The highest BCUT2D eigenvalue weighted by Gasteiger charge is 2.21. The molecular weight excluding hydrogens is 226 g/mol. The molecule has 0 saturated carbocycles. The van der Waals surface area contributed by atoms with Crippen molar-refractivity contribution >= 4 is 5.88 Å². The second-order valence-corrected chi connectivity index (χ2v) is 4.05. The Labute approximate surface area is 97.2 Å². The van der Waals surface area contributed by atoms with E-state index in [1.165, 1.54) is 6.20 Å². The summed E-state index contributed by atoms with van der Waals surface area (Å²) in [5, 5.41) is 3.56. The third-order valence-corrected chi connectivity index (χ3v) is 2.38. The molecule has 90 valence electrons. The molecule has 0 saturated heterocycles. The van der Waals surface area contributed by atoms with Crippen LogP contribution in [0.25, 0.3) is 11.1 Å². The van der Waals surface area contributed by atoms with Gasteiger partial charge in [-0.05, 0) is 18.1 Å². The smallest absolute Gasteiger partial charge is 0.249 e. The van der Waals surface area contributed by atoms with Crippen LogP contribution in [-0.4, -0.2) is 11.1 Å². The van der Waals surface area contributed by atoms with Gasteiger partial charge in [0.2, 0.25) is 11.8 Å². The molecule has 0 fully saturated rings. The van der Waals surface area contributed by atoms with E-state index in [1.54, 1.807) is 24.3 Å². The largest absolute Gasteiger partial charge is 0.367 e. The lowest BCUT2D eigenvalue weighted by atomic mass is 10.0. The topological polar surface area (TPSA) is 52.0 Å². The molecule has 3 nitrogen and oxygen atoms in total. The van der Waals surface area contributed by atoms with Gasteiger partial charge in [-0.15, -0.1) is 0 Å². The molecule has 0 spiro atoms. The highest BCUT2D eigenvalue weighted by molar-refractivity contribution is 5.71. The van der Waals surface area contributed by atoms with Gasteiger partial charge in [-0.3, -0.25) is 0 Å². The Hall–Kier alpha value is -1.91. The summed E-state index contributed by atoms with van der Waals surface area (Å²) in [7, 11) is 0. The van der Waals surface area contributed by atoms with Crippen molar-refractivity contribution in [1.29, 1.82) is 0 Å². The van der Waals surface area contributed by atoms with E-state index >= 15 is 0 Å². The normalized spacial score (nSPS) is 11.7. The predicted octanol–water partition coefficient (Wildman–Crippen LogP) is 3.12. The van der Waals surface area contributed by atoms with Gasteiger partial charge in [-0.1, -0.05) is 29.4 Å². The van der Waals surface area contributed by atoms with E-state index < -0.39 is 5.92 Å². The van der Waals surface area contributed by atoms with E-state index in [0.29, 0.717) is 11.1 Å². The van der Waals surface area contributed by atoms with Crippen LogP contribution in [0.1, 0.15) is 12.5 Å². The van der Waals surface area contributed by atoms with E-state index in [4.69, 9.17) is 10.3 Å². The van der Waals surface area contributed by atoms with Crippen LogP contribution in [0.2, 0.25) is 0 Å². The minimum Gasteiger partial charge on any atom is -0.367 e. The molecule has 2 aromatic rings. The standard InChI is InChI=1S/C12H12F2N2O/c1-12(13,14)6-8-2-4-9(5-3-8)10-7-16-17-11(10)15/h2-5,7H,6,15H2,1H3. The number of alkyl halides is 2. The molecule has 1 aromatic carbocycles. The van der Waals surface area contributed by atoms with Crippen molar-refractivity contribution < 1.29 is 13.3 Å². The molecule has 0 bridgehead atoms. The summed E-state index contributed by atoms with van der Waals surface area (Å²) in [6.45, 7) is 0.902. The Morgan fingerprint density at radius 3 is 2.41 bits per heavy atom. The fourth-order valence-electron chi connectivity index (χ4n) is 1.63. The average Bonchev–Trinajstić information content (AvgIpc) is 2.63. The number of halogens is 2. The first-order valence-corrected chi connectivity index (χ1v) is 5.13. The zero-order valence-electron chi connectivity index (χ0n) is 9.28. The fraction of sp³-hybridized carbons (Fsp3) is 0.250. The van der Waals surface area contributed by atoms with E-state index in [1.807, 2.05) is 0 Å². The minimum atomic E-state index is -2.70. The lowest BCUT2D eigenvalue weighted by Crippen LogP contribution is -2.13. The number of benzene rings is 1. The van der Waals surface area contributed by atoms with Crippen LogP contribution < -0.4 is 5.73 Å². The number of aromatic nitrogens is 1. The van der Waals surface area contributed by atoms with Gasteiger partial charge in [-0.2, -0.15) is 0 Å². The Morgan fingerprint density at radius 2 is 1.94 bits per heavy atom. The first-order valence-electron chi connectivity index (χ1n) is 5.13. The van der Waals surface area contributed by atoms with Crippen molar-refractivity contribution in [2.75, 3.05) is 5.73 Å². The first-order chi connectivity index (χ1) is 7.96. The van der Waals surface area contributed by atoms with Gasteiger partial charge in [0, 0.05) is 6.42 Å². The van der Waals surface area contributed by atoms with Crippen molar-refractivity contribution in [3.05, 3.63) is 36.0 Å². The number of hydrogen-bond donors (Lipinski definition) is 1. The third kappa shape index (κ3) is 2.81. The maximum atomic E-state index is 12.8. The molecule has 0 atom stereocenters. The summed E-state index contributed by atoms with van der Waals surface area (Å²) >= 11 is 0. The van der Waals surface area contributed by atoms with E-state index in [0.717, 1.165) is 12.5 Å². The van der Waals surface area contributed by atoms with Crippen LogP contribution in [-0.2, 0) is 6.42 Å². The summed E-state index contributed by atoms with van der Waals surface area (Å²) in [6.07, 6.45) is 1.23. The number of nitrogens with two attached hydrogens (primary N) is 1. The maximum absolute atomic E-state index is 12.8. The van der Waals surface area contributed by atoms with Crippen molar-refractivity contribution in [2.24, 2.45) is 0 Å². The second kappa shape index (κ2) is 4.16. The lowest BCUT2D eigenvalue weighted by Gasteiger charge is -2.10. The van der Waals surface area contributed by atoms with Crippen molar-refractivity contribution in [3.63, 3.8) is 0 Å². The number of hydrogen-bond acceptors (Lipinski definition) is 3. The molecule has 1 aromatic heterocycles. The van der Waals surface area contributed by atoms with Crippen LogP contribution in [0.15, 0.2) is 35.0 Å². The fourth-order valence-corrected chi connectivity index (χ4v) is 1.63. The van der Waals surface area contributed by atoms with Crippen molar-refractivity contribution in [2.45, 2.75) is 19.3 Å². The predicted molar refractivity (Wildman–Crippen MR) is 60.7 cm³/mol. The quantitative estimate of drug-likeness (QED) is 0.893. The zero-order chi connectivity index (χ0) is 12.5.